The van der Waals surface area contributed by atoms with E-state index in [-0.39, 0.29) is 18.2 Å². The molecule has 0 radical (unpaired) electrons. The standard InChI is InChI=1S/C12H16FNO2/c1-8(6-12(15)16)10-7-9(13)4-5-11(10)14(2)3/h4-5,7-8H,6H2,1-3H3,(H,15,16). The maximum Gasteiger partial charge on any atom is 0.303 e. The molecule has 0 amide bonds. The van der Waals surface area contributed by atoms with E-state index in [1.54, 1.807) is 13.0 Å². The van der Waals surface area contributed by atoms with Crippen LogP contribution < -0.4 is 4.90 Å². The molecular weight excluding hydrogens is 209 g/mol. The van der Waals surface area contributed by atoms with Crippen LogP contribution in [0.4, 0.5) is 10.1 Å². The number of carbonyl (C=O) groups is 1. The monoisotopic (exact) mass is 225 g/mol. The predicted molar refractivity (Wildman–Crippen MR) is 61.4 cm³/mol. The quantitative estimate of drug-likeness (QED) is 0.855. The molecule has 0 spiro atoms. The van der Waals surface area contributed by atoms with Gasteiger partial charge >= 0.3 is 5.97 Å². The van der Waals surface area contributed by atoms with E-state index in [1.807, 2.05) is 19.0 Å². The number of anilines is 1. The van der Waals surface area contributed by atoms with Gasteiger partial charge in [0, 0.05) is 19.8 Å². The van der Waals surface area contributed by atoms with Crippen molar-refractivity contribution in [3.8, 4) is 0 Å². The molecule has 16 heavy (non-hydrogen) atoms. The summed E-state index contributed by atoms with van der Waals surface area (Å²) in [5.41, 5.74) is 1.59. The number of hydrogen-bond acceptors (Lipinski definition) is 2. The molecule has 3 nitrogen and oxygen atoms in total. The van der Waals surface area contributed by atoms with Crippen LogP contribution >= 0.6 is 0 Å². The highest BCUT2D eigenvalue weighted by Crippen LogP contribution is 2.29. The second-order valence-corrected chi connectivity index (χ2v) is 4.10. The Labute approximate surface area is 94.5 Å². The maximum atomic E-state index is 13.1. The second-order valence-electron chi connectivity index (χ2n) is 4.10. The van der Waals surface area contributed by atoms with Crippen molar-refractivity contribution in [2.45, 2.75) is 19.3 Å². The van der Waals surface area contributed by atoms with Gasteiger partial charge in [0.25, 0.3) is 0 Å². The molecule has 0 bridgehead atoms. The van der Waals surface area contributed by atoms with Crippen LogP contribution in [0.15, 0.2) is 18.2 Å². The summed E-state index contributed by atoms with van der Waals surface area (Å²) in [5.74, 6) is -1.41. The molecule has 0 aromatic heterocycles. The second kappa shape index (κ2) is 4.96. The highest BCUT2D eigenvalue weighted by molar-refractivity contribution is 5.69. The van der Waals surface area contributed by atoms with Crippen molar-refractivity contribution in [1.29, 1.82) is 0 Å². The van der Waals surface area contributed by atoms with Crippen LogP contribution in [0.1, 0.15) is 24.8 Å². The molecule has 0 aliphatic carbocycles. The average molecular weight is 225 g/mol. The Morgan fingerprint density at radius 1 is 1.50 bits per heavy atom. The van der Waals surface area contributed by atoms with E-state index in [0.717, 1.165) is 11.3 Å². The lowest BCUT2D eigenvalue weighted by molar-refractivity contribution is -0.137. The van der Waals surface area contributed by atoms with Crippen LogP contribution in [-0.4, -0.2) is 25.2 Å². The minimum Gasteiger partial charge on any atom is -0.481 e. The Morgan fingerprint density at radius 2 is 2.12 bits per heavy atom. The fourth-order valence-corrected chi connectivity index (χ4v) is 1.70. The van der Waals surface area contributed by atoms with Crippen molar-refractivity contribution in [1.82, 2.24) is 0 Å². The lowest BCUT2D eigenvalue weighted by Crippen LogP contribution is -2.14. The van der Waals surface area contributed by atoms with Gasteiger partial charge in [-0.25, -0.2) is 4.39 Å². The van der Waals surface area contributed by atoms with Gasteiger partial charge in [-0.15, -0.1) is 0 Å². The third-order valence-electron chi connectivity index (χ3n) is 2.48. The van der Waals surface area contributed by atoms with Gasteiger partial charge in [0.15, 0.2) is 0 Å². The molecule has 0 heterocycles. The lowest BCUT2D eigenvalue weighted by atomic mass is 9.95. The number of benzene rings is 1. The van der Waals surface area contributed by atoms with E-state index in [1.165, 1.54) is 12.1 Å². The predicted octanol–water partition coefficient (Wildman–Crippen LogP) is 2.47. The van der Waals surface area contributed by atoms with Gasteiger partial charge in [-0.3, -0.25) is 4.79 Å². The molecule has 1 N–H and O–H groups in total. The number of aliphatic carboxylic acids is 1. The van der Waals surface area contributed by atoms with E-state index in [9.17, 15) is 9.18 Å². The smallest absolute Gasteiger partial charge is 0.303 e. The molecule has 0 fully saturated rings. The van der Waals surface area contributed by atoms with Gasteiger partial charge in [-0.1, -0.05) is 6.92 Å². The topological polar surface area (TPSA) is 40.5 Å². The van der Waals surface area contributed by atoms with Crippen LogP contribution in [0, 0.1) is 5.82 Å². The summed E-state index contributed by atoms with van der Waals surface area (Å²) in [6.45, 7) is 1.79. The molecule has 1 aromatic carbocycles. The van der Waals surface area contributed by atoms with E-state index in [4.69, 9.17) is 5.11 Å². The van der Waals surface area contributed by atoms with Crippen molar-refractivity contribution in [3.05, 3.63) is 29.6 Å². The Kier molecular flexibility index (Phi) is 3.88. The zero-order chi connectivity index (χ0) is 12.3. The largest absolute Gasteiger partial charge is 0.481 e. The molecule has 1 rings (SSSR count). The third-order valence-corrected chi connectivity index (χ3v) is 2.48. The van der Waals surface area contributed by atoms with Crippen molar-refractivity contribution < 1.29 is 14.3 Å². The molecule has 1 unspecified atom stereocenters. The average Bonchev–Trinajstić information content (AvgIpc) is 2.15. The van der Waals surface area contributed by atoms with Gasteiger partial charge in [0.2, 0.25) is 0 Å². The number of nitrogens with zero attached hydrogens (tertiary/aromatic N) is 1. The minimum absolute atomic E-state index is 0.00426. The summed E-state index contributed by atoms with van der Waals surface area (Å²) in [6, 6.07) is 4.46. The number of carboxylic acids is 1. The van der Waals surface area contributed by atoms with Crippen LogP contribution in [-0.2, 0) is 4.79 Å². The maximum absolute atomic E-state index is 13.1. The molecule has 0 aliphatic rings. The van der Waals surface area contributed by atoms with Gasteiger partial charge in [-0.05, 0) is 29.7 Å². The number of hydrogen-bond donors (Lipinski definition) is 1. The number of rotatable bonds is 4. The number of carboxylic acid groups (broad SMARTS) is 1. The summed E-state index contributed by atoms with van der Waals surface area (Å²) in [4.78, 5) is 12.5. The van der Waals surface area contributed by atoms with Gasteiger partial charge in [0.05, 0.1) is 6.42 Å². The van der Waals surface area contributed by atoms with Crippen molar-refractivity contribution >= 4 is 11.7 Å². The molecule has 1 aromatic rings. The first kappa shape index (κ1) is 12.5. The highest BCUT2D eigenvalue weighted by atomic mass is 19.1. The van der Waals surface area contributed by atoms with E-state index in [2.05, 4.69) is 0 Å². The van der Waals surface area contributed by atoms with E-state index >= 15 is 0 Å². The summed E-state index contributed by atoms with van der Waals surface area (Å²) in [6.07, 6.45) is 0.00426. The first-order valence-electron chi connectivity index (χ1n) is 5.10. The summed E-state index contributed by atoms with van der Waals surface area (Å²) >= 11 is 0. The fraction of sp³-hybridized carbons (Fsp3) is 0.417. The molecular formula is C12H16FNO2. The Morgan fingerprint density at radius 3 is 2.62 bits per heavy atom. The van der Waals surface area contributed by atoms with Crippen molar-refractivity contribution in [2.75, 3.05) is 19.0 Å². The van der Waals surface area contributed by atoms with Crippen molar-refractivity contribution in [2.24, 2.45) is 0 Å². The zero-order valence-corrected chi connectivity index (χ0v) is 9.70. The van der Waals surface area contributed by atoms with Crippen LogP contribution in [0.2, 0.25) is 0 Å². The Balaban J connectivity index is 3.08. The first-order chi connectivity index (χ1) is 7.41. The van der Waals surface area contributed by atoms with E-state index in [0.29, 0.717) is 0 Å². The minimum atomic E-state index is -0.874. The molecule has 0 aliphatic heterocycles. The first-order valence-corrected chi connectivity index (χ1v) is 5.10. The van der Waals surface area contributed by atoms with E-state index < -0.39 is 5.97 Å². The third kappa shape index (κ3) is 2.95. The zero-order valence-electron chi connectivity index (χ0n) is 9.70. The highest BCUT2D eigenvalue weighted by Gasteiger charge is 2.15. The molecule has 0 saturated carbocycles. The van der Waals surface area contributed by atoms with Crippen LogP contribution in [0.5, 0.6) is 0 Å². The molecule has 1 atom stereocenters. The summed E-state index contributed by atoms with van der Waals surface area (Å²) in [7, 11) is 3.70. The normalized spacial score (nSPS) is 12.2. The summed E-state index contributed by atoms with van der Waals surface area (Å²) in [5, 5.41) is 8.74. The van der Waals surface area contributed by atoms with Crippen LogP contribution in [0.25, 0.3) is 0 Å². The molecule has 0 saturated heterocycles. The number of halogens is 1. The molecule has 4 heteroatoms. The SMILES string of the molecule is CC(CC(=O)O)c1cc(F)ccc1N(C)C. The van der Waals surface area contributed by atoms with Gasteiger partial charge in [-0.2, -0.15) is 0 Å². The molecule has 88 valence electrons. The Hall–Kier alpha value is -1.58. The van der Waals surface area contributed by atoms with Gasteiger partial charge in [0.1, 0.15) is 5.82 Å². The van der Waals surface area contributed by atoms with Crippen LogP contribution in [0.3, 0.4) is 0 Å². The Bertz CT molecular complexity index is 391. The summed E-state index contributed by atoms with van der Waals surface area (Å²) < 4.78 is 13.1. The van der Waals surface area contributed by atoms with Crippen molar-refractivity contribution in [3.63, 3.8) is 0 Å². The van der Waals surface area contributed by atoms with Gasteiger partial charge < -0.3 is 10.0 Å². The lowest BCUT2D eigenvalue weighted by Gasteiger charge is -2.20. The fourth-order valence-electron chi connectivity index (χ4n) is 1.70.